The fourth-order valence-corrected chi connectivity index (χ4v) is 4.01. The Morgan fingerprint density at radius 3 is 2.62 bits per heavy atom. The second kappa shape index (κ2) is 9.05. The van der Waals surface area contributed by atoms with E-state index in [-0.39, 0.29) is 18.1 Å². The van der Waals surface area contributed by atoms with E-state index in [0.717, 1.165) is 46.8 Å². The third kappa shape index (κ3) is 3.75. The van der Waals surface area contributed by atoms with Crippen molar-refractivity contribution in [3.63, 3.8) is 0 Å². The summed E-state index contributed by atoms with van der Waals surface area (Å²) in [6.07, 6.45) is 2.85. The van der Waals surface area contributed by atoms with Crippen LogP contribution in [0.1, 0.15) is 30.2 Å². The quantitative estimate of drug-likeness (QED) is 0.355. The average molecular weight is 433 g/mol. The Labute approximate surface area is 186 Å². The highest BCUT2D eigenvalue weighted by Crippen LogP contribution is 2.31. The molecule has 0 aliphatic carbocycles. The Balaban J connectivity index is 1.74. The van der Waals surface area contributed by atoms with Gasteiger partial charge in [-0.05, 0) is 43.7 Å². The first kappa shape index (κ1) is 21.3. The number of rotatable bonds is 7. The minimum Gasteiger partial charge on any atom is -0.496 e. The zero-order chi connectivity index (χ0) is 22.7. The van der Waals surface area contributed by atoms with Gasteiger partial charge in [0.25, 0.3) is 5.82 Å². The fourth-order valence-electron chi connectivity index (χ4n) is 4.01. The number of para-hydroxylation sites is 1. The third-order valence-corrected chi connectivity index (χ3v) is 5.48. The van der Waals surface area contributed by atoms with Gasteiger partial charge in [-0.2, -0.15) is 0 Å². The lowest BCUT2D eigenvalue weighted by Gasteiger charge is -2.08. The molecule has 2 aromatic heterocycles. The van der Waals surface area contributed by atoms with Gasteiger partial charge in [0.15, 0.2) is 29.2 Å². The van der Waals surface area contributed by atoms with E-state index in [2.05, 4.69) is 51.1 Å². The standard InChI is InChI=1S/C24H25N5O3/c1-4-28-18-11-10-16(17-8-6-7-9-20(17)31-3)14-19(18)29(5-2)21(28)15-32-24(30)22-23(25)27-13-12-26-22/h6-14H,4-5,15H2,1-3H3,(H-,25,27,30)/p+1. The van der Waals surface area contributed by atoms with Crippen LogP contribution in [0, 0.1) is 0 Å². The summed E-state index contributed by atoms with van der Waals surface area (Å²) < 4.78 is 15.4. The lowest BCUT2D eigenvalue weighted by atomic mass is 10.0. The SMILES string of the molecule is CCn1c(COC(=O)c2nccnc2N)[n+](CC)c2ccc(-c3ccccc3OC)cc21. The minimum atomic E-state index is -0.596. The van der Waals surface area contributed by atoms with Crippen molar-refractivity contribution in [2.24, 2.45) is 0 Å². The number of aryl methyl sites for hydroxylation is 2. The maximum Gasteiger partial charge on any atom is 0.361 e. The third-order valence-electron chi connectivity index (χ3n) is 5.48. The van der Waals surface area contributed by atoms with Gasteiger partial charge in [-0.15, -0.1) is 0 Å². The van der Waals surface area contributed by atoms with Gasteiger partial charge in [0.1, 0.15) is 5.75 Å². The van der Waals surface area contributed by atoms with Crippen LogP contribution < -0.4 is 15.0 Å². The van der Waals surface area contributed by atoms with E-state index in [0.29, 0.717) is 0 Å². The lowest BCUT2D eigenvalue weighted by molar-refractivity contribution is -0.678. The molecule has 0 saturated heterocycles. The zero-order valence-electron chi connectivity index (χ0n) is 18.4. The summed E-state index contributed by atoms with van der Waals surface area (Å²) in [6.45, 7) is 5.69. The van der Waals surface area contributed by atoms with E-state index < -0.39 is 5.97 Å². The number of esters is 1. The summed E-state index contributed by atoms with van der Waals surface area (Å²) in [6, 6.07) is 14.3. The van der Waals surface area contributed by atoms with Crippen LogP contribution in [0.25, 0.3) is 22.2 Å². The molecule has 0 unspecified atom stereocenters. The highest BCUT2D eigenvalue weighted by atomic mass is 16.5. The van der Waals surface area contributed by atoms with Gasteiger partial charge in [-0.25, -0.2) is 23.9 Å². The molecule has 0 radical (unpaired) electrons. The molecule has 0 saturated carbocycles. The molecule has 0 atom stereocenters. The number of hydrogen-bond acceptors (Lipinski definition) is 6. The molecule has 8 nitrogen and oxygen atoms in total. The second-order valence-corrected chi connectivity index (χ2v) is 7.17. The first-order chi connectivity index (χ1) is 15.6. The number of benzene rings is 2. The number of imidazole rings is 1. The van der Waals surface area contributed by atoms with Crippen LogP contribution in [0.4, 0.5) is 5.82 Å². The highest BCUT2D eigenvalue weighted by molar-refractivity contribution is 5.91. The first-order valence-electron chi connectivity index (χ1n) is 10.5. The van der Waals surface area contributed by atoms with Crippen molar-refractivity contribution >= 4 is 22.8 Å². The monoisotopic (exact) mass is 432 g/mol. The Bertz CT molecular complexity index is 1280. The number of aromatic nitrogens is 4. The first-order valence-corrected chi connectivity index (χ1v) is 10.5. The van der Waals surface area contributed by atoms with Gasteiger partial charge in [-0.3, -0.25) is 0 Å². The Kier molecular flexibility index (Phi) is 6.02. The van der Waals surface area contributed by atoms with Gasteiger partial charge in [0.2, 0.25) is 0 Å². The summed E-state index contributed by atoms with van der Waals surface area (Å²) >= 11 is 0. The van der Waals surface area contributed by atoms with Crippen LogP contribution in [0.2, 0.25) is 0 Å². The van der Waals surface area contributed by atoms with Gasteiger partial charge in [-0.1, -0.05) is 18.2 Å². The summed E-state index contributed by atoms with van der Waals surface area (Å²) in [4.78, 5) is 20.4. The molecule has 0 aliphatic heterocycles. The molecule has 4 rings (SSSR count). The molecule has 2 heterocycles. The second-order valence-electron chi connectivity index (χ2n) is 7.17. The number of nitrogens with zero attached hydrogens (tertiary/aromatic N) is 4. The van der Waals surface area contributed by atoms with Gasteiger partial charge >= 0.3 is 5.97 Å². The summed E-state index contributed by atoms with van der Waals surface area (Å²) in [5.41, 5.74) is 9.99. The molecule has 2 aromatic carbocycles. The maximum absolute atomic E-state index is 12.5. The summed E-state index contributed by atoms with van der Waals surface area (Å²) in [5.74, 6) is 1.16. The zero-order valence-corrected chi connectivity index (χ0v) is 18.4. The largest absolute Gasteiger partial charge is 0.496 e. The topological polar surface area (TPSA) is 96.1 Å². The highest BCUT2D eigenvalue weighted by Gasteiger charge is 2.26. The van der Waals surface area contributed by atoms with E-state index in [1.54, 1.807) is 7.11 Å². The molecule has 2 N–H and O–H groups in total. The number of ether oxygens (including phenoxy) is 2. The number of fused-ring (bicyclic) bond motifs is 1. The van der Waals surface area contributed by atoms with Crippen LogP contribution in [-0.4, -0.2) is 27.6 Å². The normalized spacial score (nSPS) is 11.0. The number of methoxy groups -OCH3 is 1. The number of carbonyl (C=O) groups is 1. The Morgan fingerprint density at radius 1 is 1.12 bits per heavy atom. The van der Waals surface area contributed by atoms with Crippen molar-refractivity contribution in [1.29, 1.82) is 0 Å². The molecular formula is C24H26N5O3+. The number of anilines is 1. The van der Waals surface area contributed by atoms with Crippen LogP contribution >= 0.6 is 0 Å². The minimum absolute atomic E-state index is 0.0215. The van der Waals surface area contributed by atoms with Gasteiger partial charge < -0.3 is 15.2 Å². The molecular weight excluding hydrogens is 406 g/mol. The molecule has 164 valence electrons. The van der Waals surface area contributed by atoms with Crippen molar-refractivity contribution in [3.8, 4) is 16.9 Å². The maximum atomic E-state index is 12.5. The molecule has 0 aliphatic rings. The van der Waals surface area contributed by atoms with Crippen LogP contribution in [0.3, 0.4) is 0 Å². The molecule has 0 amide bonds. The van der Waals surface area contributed by atoms with E-state index in [1.807, 2.05) is 24.3 Å². The molecule has 0 bridgehead atoms. The van der Waals surface area contributed by atoms with E-state index >= 15 is 0 Å². The lowest BCUT2D eigenvalue weighted by Crippen LogP contribution is -2.37. The number of carbonyl (C=O) groups excluding carboxylic acids is 1. The average Bonchev–Trinajstić information content (AvgIpc) is 3.14. The van der Waals surface area contributed by atoms with E-state index in [1.165, 1.54) is 12.4 Å². The van der Waals surface area contributed by atoms with Gasteiger partial charge in [0, 0.05) is 18.0 Å². The van der Waals surface area contributed by atoms with E-state index in [4.69, 9.17) is 15.2 Å². The molecule has 32 heavy (non-hydrogen) atoms. The fraction of sp³-hybridized carbons (Fsp3) is 0.250. The van der Waals surface area contributed by atoms with Crippen molar-refractivity contribution in [2.45, 2.75) is 33.5 Å². The predicted molar refractivity (Wildman–Crippen MR) is 121 cm³/mol. The van der Waals surface area contributed by atoms with Crippen molar-refractivity contribution in [3.05, 3.63) is 66.4 Å². The molecule has 4 aromatic rings. The van der Waals surface area contributed by atoms with E-state index in [9.17, 15) is 4.79 Å². The molecule has 0 fully saturated rings. The summed E-state index contributed by atoms with van der Waals surface area (Å²) in [5, 5.41) is 0. The number of nitrogen functional groups attached to an aromatic ring is 1. The number of nitrogens with two attached hydrogens (primary N) is 1. The van der Waals surface area contributed by atoms with Crippen molar-refractivity contribution in [2.75, 3.05) is 12.8 Å². The number of hydrogen-bond donors (Lipinski definition) is 1. The van der Waals surface area contributed by atoms with Gasteiger partial charge in [0.05, 0.1) is 20.2 Å². The molecule has 8 heteroatoms. The van der Waals surface area contributed by atoms with Crippen molar-refractivity contribution in [1.82, 2.24) is 14.5 Å². The predicted octanol–water partition coefficient (Wildman–Crippen LogP) is 3.37. The van der Waals surface area contributed by atoms with Crippen molar-refractivity contribution < 1.29 is 18.8 Å². The smallest absolute Gasteiger partial charge is 0.361 e. The Hall–Kier alpha value is -3.94. The van der Waals surface area contributed by atoms with Crippen LogP contribution in [-0.2, 0) is 24.4 Å². The molecule has 0 spiro atoms. The summed E-state index contributed by atoms with van der Waals surface area (Å²) in [7, 11) is 1.67. The Morgan fingerprint density at radius 2 is 1.91 bits per heavy atom. The van der Waals surface area contributed by atoms with Crippen LogP contribution in [0.5, 0.6) is 5.75 Å². The van der Waals surface area contributed by atoms with Crippen LogP contribution in [0.15, 0.2) is 54.9 Å².